The van der Waals surface area contributed by atoms with Crippen molar-refractivity contribution in [2.24, 2.45) is 0 Å². The maximum atomic E-state index is 10.9. The van der Waals surface area contributed by atoms with Crippen LogP contribution < -0.4 is 4.74 Å². The average Bonchev–Trinajstić information content (AvgIpc) is 2.17. The molecule has 0 aromatic heterocycles. The second-order valence-electron chi connectivity index (χ2n) is 3.49. The zero-order chi connectivity index (χ0) is 12.1. The third-order valence-corrected chi connectivity index (χ3v) is 1.90. The van der Waals surface area contributed by atoms with Gasteiger partial charge in [-0.2, -0.15) is 0 Å². The van der Waals surface area contributed by atoms with Crippen LogP contribution in [-0.4, -0.2) is 11.9 Å². The standard InChI is InChI=1S/C12H14O4/c1-8-4-5-12(16-10(3)14)11(6-8)7-15-9(2)13/h4-6H,7H2,1-3H3. The van der Waals surface area contributed by atoms with Crippen LogP contribution in [0.2, 0.25) is 0 Å². The normalized spacial score (nSPS) is 9.69. The Kier molecular flexibility index (Phi) is 4.05. The molecule has 1 rings (SSSR count). The number of aryl methyl sites for hydroxylation is 1. The predicted octanol–water partition coefficient (Wildman–Crippen LogP) is 1.98. The van der Waals surface area contributed by atoms with Crippen molar-refractivity contribution in [3.63, 3.8) is 0 Å². The molecular weight excluding hydrogens is 208 g/mol. The first-order valence-corrected chi connectivity index (χ1v) is 4.90. The molecule has 0 aliphatic carbocycles. The fraction of sp³-hybridized carbons (Fsp3) is 0.333. The first-order valence-electron chi connectivity index (χ1n) is 4.90. The highest BCUT2D eigenvalue weighted by molar-refractivity contribution is 5.70. The summed E-state index contributed by atoms with van der Waals surface area (Å²) in [5.74, 6) is -0.331. The second kappa shape index (κ2) is 5.30. The molecule has 0 bridgehead atoms. The molecular formula is C12H14O4. The minimum absolute atomic E-state index is 0.111. The van der Waals surface area contributed by atoms with Gasteiger partial charge in [0.05, 0.1) is 0 Å². The molecule has 0 heterocycles. The third-order valence-electron chi connectivity index (χ3n) is 1.90. The predicted molar refractivity (Wildman–Crippen MR) is 58.0 cm³/mol. The minimum atomic E-state index is -0.395. The lowest BCUT2D eigenvalue weighted by molar-refractivity contribution is -0.142. The van der Waals surface area contributed by atoms with E-state index in [1.807, 2.05) is 19.1 Å². The molecule has 0 N–H and O–H groups in total. The van der Waals surface area contributed by atoms with Crippen LogP contribution in [0.4, 0.5) is 0 Å². The Labute approximate surface area is 94.2 Å². The van der Waals surface area contributed by atoms with Gasteiger partial charge in [-0.05, 0) is 19.1 Å². The van der Waals surface area contributed by atoms with Crippen molar-refractivity contribution in [1.29, 1.82) is 0 Å². The number of carbonyl (C=O) groups is 2. The largest absolute Gasteiger partial charge is 0.461 e. The van der Waals surface area contributed by atoms with Gasteiger partial charge in [0.1, 0.15) is 12.4 Å². The van der Waals surface area contributed by atoms with Crippen molar-refractivity contribution in [3.8, 4) is 5.75 Å². The van der Waals surface area contributed by atoms with E-state index in [1.54, 1.807) is 6.07 Å². The van der Waals surface area contributed by atoms with E-state index >= 15 is 0 Å². The van der Waals surface area contributed by atoms with E-state index in [9.17, 15) is 9.59 Å². The Morgan fingerprint density at radius 3 is 2.44 bits per heavy atom. The summed E-state index contributed by atoms with van der Waals surface area (Å²) in [5, 5.41) is 0. The van der Waals surface area contributed by atoms with E-state index in [0.717, 1.165) is 5.56 Å². The molecule has 1 aromatic carbocycles. The van der Waals surface area contributed by atoms with E-state index in [-0.39, 0.29) is 12.6 Å². The Morgan fingerprint density at radius 2 is 1.88 bits per heavy atom. The molecule has 0 saturated heterocycles. The summed E-state index contributed by atoms with van der Waals surface area (Å²) < 4.78 is 9.88. The lowest BCUT2D eigenvalue weighted by Crippen LogP contribution is -2.06. The van der Waals surface area contributed by atoms with Crippen molar-refractivity contribution >= 4 is 11.9 Å². The van der Waals surface area contributed by atoms with E-state index < -0.39 is 5.97 Å². The first kappa shape index (κ1) is 12.2. The van der Waals surface area contributed by atoms with Crippen LogP contribution in [0.1, 0.15) is 25.0 Å². The Balaban J connectivity index is 2.89. The highest BCUT2D eigenvalue weighted by Gasteiger charge is 2.07. The number of hydrogen-bond acceptors (Lipinski definition) is 4. The zero-order valence-corrected chi connectivity index (χ0v) is 9.57. The molecule has 0 fully saturated rings. The highest BCUT2D eigenvalue weighted by atomic mass is 16.5. The molecule has 0 spiro atoms. The fourth-order valence-corrected chi connectivity index (χ4v) is 1.25. The smallest absolute Gasteiger partial charge is 0.308 e. The number of benzene rings is 1. The molecule has 0 atom stereocenters. The van der Waals surface area contributed by atoms with Crippen LogP contribution in [0.3, 0.4) is 0 Å². The number of rotatable bonds is 3. The summed E-state index contributed by atoms with van der Waals surface area (Å²) in [7, 11) is 0. The third kappa shape index (κ3) is 3.73. The van der Waals surface area contributed by atoms with Crippen molar-refractivity contribution in [2.45, 2.75) is 27.4 Å². The first-order chi connectivity index (χ1) is 7.49. The van der Waals surface area contributed by atoms with Crippen LogP contribution in [0.15, 0.2) is 18.2 Å². The maximum Gasteiger partial charge on any atom is 0.308 e. The van der Waals surface area contributed by atoms with Crippen LogP contribution >= 0.6 is 0 Å². The number of hydrogen-bond donors (Lipinski definition) is 0. The average molecular weight is 222 g/mol. The van der Waals surface area contributed by atoms with Gasteiger partial charge < -0.3 is 9.47 Å². The lowest BCUT2D eigenvalue weighted by Gasteiger charge is -2.09. The summed E-state index contributed by atoms with van der Waals surface area (Å²) in [5.41, 5.74) is 1.70. The van der Waals surface area contributed by atoms with Gasteiger partial charge in [0.25, 0.3) is 0 Å². The Hall–Kier alpha value is -1.84. The van der Waals surface area contributed by atoms with Crippen molar-refractivity contribution in [2.75, 3.05) is 0 Å². The van der Waals surface area contributed by atoms with Crippen molar-refractivity contribution in [1.82, 2.24) is 0 Å². The summed E-state index contributed by atoms with van der Waals surface area (Å²) in [6, 6.07) is 5.34. The molecule has 0 radical (unpaired) electrons. The molecule has 0 aliphatic heterocycles. The summed E-state index contributed by atoms with van der Waals surface area (Å²) in [4.78, 5) is 21.6. The van der Waals surface area contributed by atoms with Crippen LogP contribution in [0.25, 0.3) is 0 Å². The number of ether oxygens (including phenoxy) is 2. The topological polar surface area (TPSA) is 52.6 Å². The van der Waals surface area contributed by atoms with Gasteiger partial charge in [-0.3, -0.25) is 9.59 Å². The van der Waals surface area contributed by atoms with Gasteiger partial charge in [0.2, 0.25) is 0 Å². The zero-order valence-electron chi connectivity index (χ0n) is 9.57. The minimum Gasteiger partial charge on any atom is -0.461 e. The second-order valence-corrected chi connectivity index (χ2v) is 3.49. The molecule has 1 aromatic rings. The molecule has 4 heteroatoms. The monoisotopic (exact) mass is 222 g/mol. The van der Waals surface area contributed by atoms with Crippen LogP contribution in [-0.2, 0) is 20.9 Å². The van der Waals surface area contributed by atoms with Crippen molar-refractivity contribution in [3.05, 3.63) is 29.3 Å². The fourth-order valence-electron chi connectivity index (χ4n) is 1.25. The molecule has 0 amide bonds. The number of esters is 2. The van der Waals surface area contributed by atoms with Gasteiger partial charge in [-0.1, -0.05) is 11.6 Å². The van der Waals surface area contributed by atoms with E-state index in [1.165, 1.54) is 13.8 Å². The van der Waals surface area contributed by atoms with Crippen LogP contribution in [0, 0.1) is 6.92 Å². The van der Waals surface area contributed by atoms with Gasteiger partial charge in [-0.15, -0.1) is 0 Å². The summed E-state index contributed by atoms with van der Waals surface area (Å²) in [6.07, 6.45) is 0. The van der Waals surface area contributed by atoms with Gasteiger partial charge >= 0.3 is 11.9 Å². The number of carbonyl (C=O) groups excluding carboxylic acids is 2. The van der Waals surface area contributed by atoms with E-state index in [4.69, 9.17) is 9.47 Å². The van der Waals surface area contributed by atoms with Gasteiger partial charge in [0, 0.05) is 19.4 Å². The molecule has 16 heavy (non-hydrogen) atoms. The quantitative estimate of drug-likeness (QED) is 0.579. The van der Waals surface area contributed by atoms with E-state index in [2.05, 4.69) is 0 Å². The molecule has 4 nitrogen and oxygen atoms in total. The lowest BCUT2D eigenvalue weighted by atomic mass is 10.1. The SMILES string of the molecule is CC(=O)OCc1cc(C)ccc1OC(C)=O. The molecule has 0 saturated carbocycles. The van der Waals surface area contributed by atoms with Gasteiger partial charge in [0.15, 0.2) is 0 Å². The Morgan fingerprint density at radius 1 is 1.19 bits per heavy atom. The molecule has 0 unspecified atom stereocenters. The Bertz CT molecular complexity index is 409. The molecule has 0 aliphatic rings. The van der Waals surface area contributed by atoms with Crippen molar-refractivity contribution < 1.29 is 19.1 Å². The van der Waals surface area contributed by atoms with Gasteiger partial charge in [-0.25, -0.2) is 0 Å². The van der Waals surface area contributed by atoms with Crippen LogP contribution in [0.5, 0.6) is 5.75 Å². The van der Waals surface area contributed by atoms with E-state index in [0.29, 0.717) is 11.3 Å². The summed E-state index contributed by atoms with van der Waals surface area (Å²) in [6.45, 7) is 4.69. The maximum absolute atomic E-state index is 10.9. The highest BCUT2D eigenvalue weighted by Crippen LogP contribution is 2.21. The molecule has 86 valence electrons. The summed E-state index contributed by atoms with van der Waals surface area (Å²) >= 11 is 0.